The molecular formula is C12H23NO. The average molecular weight is 197 g/mol. The van der Waals surface area contributed by atoms with Gasteiger partial charge in [-0.1, -0.05) is 20.3 Å². The van der Waals surface area contributed by atoms with Crippen LogP contribution < -0.4 is 5.32 Å². The lowest BCUT2D eigenvalue weighted by Crippen LogP contribution is -2.31. The number of rotatable bonds is 5. The van der Waals surface area contributed by atoms with E-state index in [4.69, 9.17) is 0 Å². The van der Waals surface area contributed by atoms with Gasteiger partial charge in [0.1, 0.15) is 5.78 Å². The largest absolute Gasteiger partial charge is 0.316 e. The van der Waals surface area contributed by atoms with Crippen LogP contribution in [-0.2, 0) is 4.79 Å². The molecule has 0 aromatic heterocycles. The molecular weight excluding hydrogens is 174 g/mol. The van der Waals surface area contributed by atoms with Gasteiger partial charge in [-0.05, 0) is 38.3 Å². The van der Waals surface area contributed by atoms with Crippen LogP contribution in [0, 0.1) is 11.8 Å². The van der Waals surface area contributed by atoms with Gasteiger partial charge in [-0.25, -0.2) is 0 Å². The number of hydrogen-bond acceptors (Lipinski definition) is 2. The van der Waals surface area contributed by atoms with Gasteiger partial charge >= 0.3 is 0 Å². The van der Waals surface area contributed by atoms with Gasteiger partial charge in [0.15, 0.2) is 0 Å². The summed E-state index contributed by atoms with van der Waals surface area (Å²) in [6.45, 7) is 6.40. The summed E-state index contributed by atoms with van der Waals surface area (Å²) < 4.78 is 0. The van der Waals surface area contributed by atoms with Gasteiger partial charge in [0.05, 0.1) is 0 Å². The van der Waals surface area contributed by atoms with Gasteiger partial charge in [-0.3, -0.25) is 4.79 Å². The van der Waals surface area contributed by atoms with Gasteiger partial charge in [0, 0.05) is 12.3 Å². The molecule has 2 unspecified atom stereocenters. The molecule has 0 spiro atoms. The van der Waals surface area contributed by atoms with E-state index in [1.807, 2.05) is 0 Å². The second-order valence-electron chi connectivity index (χ2n) is 4.57. The second-order valence-corrected chi connectivity index (χ2v) is 4.57. The van der Waals surface area contributed by atoms with Crippen LogP contribution in [0.15, 0.2) is 0 Å². The zero-order chi connectivity index (χ0) is 10.4. The summed E-state index contributed by atoms with van der Waals surface area (Å²) in [5.41, 5.74) is 0. The highest BCUT2D eigenvalue weighted by atomic mass is 16.1. The van der Waals surface area contributed by atoms with Crippen LogP contribution in [0.4, 0.5) is 0 Å². The Hall–Kier alpha value is -0.370. The first kappa shape index (κ1) is 11.7. The Morgan fingerprint density at radius 1 is 1.57 bits per heavy atom. The van der Waals surface area contributed by atoms with Crippen LogP contribution in [0.5, 0.6) is 0 Å². The average Bonchev–Trinajstić information content (AvgIpc) is 2.19. The van der Waals surface area contributed by atoms with E-state index in [1.165, 1.54) is 12.8 Å². The molecule has 0 amide bonds. The molecule has 0 aromatic rings. The summed E-state index contributed by atoms with van der Waals surface area (Å²) in [7, 11) is 0. The summed E-state index contributed by atoms with van der Waals surface area (Å²) in [5.74, 6) is 1.36. The highest BCUT2D eigenvalue weighted by Crippen LogP contribution is 2.18. The minimum Gasteiger partial charge on any atom is -0.316 e. The third-order valence-corrected chi connectivity index (χ3v) is 3.16. The summed E-state index contributed by atoms with van der Waals surface area (Å²) in [4.78, 5) is 11.8. The van der Waals surface area contributed by atoms with Crippen LogP contribution >= 0.6 is 0 Å². The molecule has 1 aliphatic heterocycles. The first-order chi connectivity index (χ1) is 6.74. The molecule has 1 fully saturated rings. The predicted octanol–water partition coefficient (Wildman–Crippen LogP) is 2.38. The molecule has 0 bridgehead atoms. The third-order valence-electron chi connectivity index (χ3n) is 3.16. The molecule has 0 radical (unpaired) electrons. The van der Waals surface area contributed by atoms with E-state index in [9.17, 15) is 4.79 Å². The van der Waals surface area contributed by atoms with E-state index >= 15 is 0 Å². The normalized spacial score (nSPS) is 24.6. The standard InChI is InChI=1S/C12H23NO/c1-3-5-10(2)12(14)8-11-6-4-7-13-9-11/h10-11,13H,3-9H2,1-2H3. The molecule has 1 heterocycles. The van der Waals surface area contributed by atoms with Crippen molar-refractivity contribution in [3.05, 3.63) is 0 Å². The smallest absolute Gasteiger partial charge is 0.136 e. The number of nitrogens with one attached hydrogen (secondary N) is 1. The molecule has 1 aliphatic rings. The van der Waals surface area contributed by atoms with Gasteiger partial charge < -0.3 is 5.32 Å². The molecule has 0 aromatic carbocycles. The van der Waals surface area contributed by atoms with Crippen molar-refractivity contribution in [3.63, 3.8) is 0 Å². The first-order valence-electron chi connectivity index (χ1n) is 5.97. The van der Waals surface area contributed by atoms with Crippen molar-refractivity contribution in [3.8, 4) is 0 Å². The number of hydrogen-bond donors (Lipinski definition) is 1. The van der Waals surface area contributed by atoms with E-state index in [2.05, 4.69) is 19.2 Å². The SMILES string of the molecule is CCCC(C)C(=O)CC1CCCNC1. The molecule has 2 nitrogen and oxygen atoms in total. The van der Waals surface area contributed by atoms with E-state index in [-0.39, 0.29) is 5.92 Å². The highest BCUT2D eigenvalue weighted by Gasteiger charge is 2.19. The summed E-state index contributed by atoms with van der Waals surface area (Å²) in [6.07, 6.45) is 5.45. The van der Waals surface area contributed by atoms with Crippen molar-refractivity contribution in [2.45, 2.75) is 46.0 Å². The van der Waals surface area contributed by atoms with Gasteiger partial charge in [0.25, 0.3) is 0 Å². The molecule has 1 N–H and O–H groups in total. The summed E-state index contributed by atoms with van der Waals surface area (Å²) in [6, 6.07) is 0. The van der Waals surface area contributed by atoms with Crippen LogP contribution in [0.1, 0.15) is 46.0 Å². The number of carbonyl (C=O) groups is 1. The Kier molecular flexibility index (Phi) is 5.16. The van der Waals surface area contributed by atoms with Crippen molar-refractivity contribution in [2.75, 3.05) is 13.1 Å². The molecule has 1 rings (SSSR count). The third kappa shape index (κ3) is 3.79. The monoisotopic (exact) mass is 197 g/mol. The lowest BCUT2D eigenvalue weighted by Gasteiger charge is -2.23. The van der Waals surface area contributed by atoms with E-state index < -0.39 is 0 Å². The minimum atomic E-state index is 0.280. The fourth-order valence-corrected chi connectivity index (χ4v) is 2.18. The van der Waals surface area contributed by atoms with E-state index in [0.29, 0.717) is 11.7 Å². The van der Waals surface area contributed by atoms with Crippen LogP contribution in [0.3, 0.4) is 0 Å². The Morgan fingerprint density at radius 2 is 2.36 bits per heavy atom. The topological polar surface area (TPSA) is 29.1 Å². The van der Waals surface area contributed by atoms with Gasteiger partial charge in [-0.15, -0.1) is 0 Å². The van der Waals surface area contributed by atoms with Crippen LogP contribution in [0.2, 0.25) is 0 Å². The maximum absolute atomic E-state index is 11.8. The van der Waals surface area contributed by atoms with E-state index in [1.54, 1.807) is 0 Å². The predicted molar refractivity (Wildman–Crippen MR) is 59.3 cm³/mol. The number of Topliss-reactive ketones (excluding diaryl/α,β-unsaturated/α-hetero) is 1. The molecule has 1 saturated heterocycles. The number of piperidine rings is 1. The highest BCUT2D eigenvalue weighted by molar-refractivity contribution is 5.80. The van der Waals surface area contributed by atoms with Crippen LogP contribution in [-0.4, -0.2) is 18.9 Å². The first-order valence-corrected chi connectivity index (χ1v) is 5.97. The summed E-state index contributed by atoms with van der Waals surface area (Å²) in [5, 5.41) is 3.36. The van der Waals surface area contributed by atoms with Crippen molar-refractivity contribution in [2.24, 2.45) is 11.8 Å². The lowest BCUT2D eigenvalue weighted by atomic mass is 9.89. The maximum Gasteiger partial charge on any atom is 0.136 e. The quantitative estimate of drug-likeness (QED) is 0.733. The fourth-order valence-electron chi connectivity index (χ4n) is 2.18. The molecule has 82 valence electrons. The maximum atomic E-state index is 11.8. The molecule has 2 heteroatoms. The number of ketones is 1. The van der Waals surface area contributed by atoms with Crippen molar-refractivity contribution >= 4 is 5.78 Å². The Balaban J connectivity index is 2.24. The van der Waals surface area contributed by atoms with Gasteiger partial charge in [0.2, 0.25) is 0 Å². The second kappa shape index (κ2) is 6.18. The lowest BCUT2D eigenvalue weighted by molar-refractivity contribution is -0.123. The fraction of sp³-hybridized carbons (Fsp3) is 0.917. The van der Waals surface area contributed by atoms with Crippen molar-refractivity contribution in [1.82, 2.24) is 5.32 Å². The number of carbonyl (C=O) groups excluding carboxylic acids is 1. The van der Waals surface area contributed by atoms with Crippen molar-refractivity contribution < 1.29 is 4.79 Å². The molecule has 14 heavy (non-hydrogen) atoms. The molecule has 2 atom stereocenters. The zero-order valence-electron chi connectivity index (χ0n) is 9.51. The zero-order valence-corrected chi connectivity index (χ0v) is 9.51. The van der Waals surface area contributed by atoms with Crippen LogP contribution in [0.25, 0.3) is 0 Å². The summed E-state index contributed by atoms with van der Waals surface area (Å²) >= 11 is 0. The van der Waals surface area contributed by atoms with Gasteiger partial charge in [-0.2, -0.15) is 0 Å². The minimum absolute atomic E-state index is 0.280. The Morgan fingerprint density at radius 3 is 2.93 bits per heavy atom. The Bertz CT molecular complexity index is 173. The molecule has 0 saturated carbocycles. The molecule has 0 aliphatic carbocycles. The van der Waals surface area contributed by atoms with E-state index in [0.717, 1.165) is 32.4 Å². The van der Waals surface area contributed by atoms with Crippen molar-refractivity contribution in [1.29, 1.82) is 0 Å². The Labute approximate surface area is 87.5 Å².